The van der Waals surface area contributed by atoms with Gasteiger partial charge in [-0.25, -0.2) is 9.97 Å². The predicted octanol–water partition coefficient (Wildman–Crippen LogP) is 2.30. The molecule has 1 aromatic rings. The summed E-state index contributed by atoms with van der Waals surface area (Å²) in [7, 11) is 3.29. The summed E-state index contributed by atoms with van der Waals surface area (Å²) in [5.74, 6) is 1.13. The third-order valence-electron chi connectivity index (χ3n) is 2.37. The first kappa shape index (κ1) is 14.6. The van der Waals surface area contributed by atoms with Gasteiger partial charge in [-0.05, 0) is 29.0 Å². The number of nitrogens with zero attached hydrogens (tertiary/aromatic N) is 2. The molecule has 5 nitrogen and oxygen atoms in total. The number of anilines is 1. The Morgan fingerprint density at radius 3 is 2.59 bits per heavy atom. The lowest BCUT2D eigenvalue weighted by molar-refractivity contribution is 0.0868. The summed E-state index contributed by atoms with van der Waals surface area (Å²) in [6, 6.07) is 0. The van der Waals surface area contributed by atoms with E-state index in [9.17, 15) is 0 Å². The van der Waals surface area contributed by atoms with E-state index in [0.717, 1.165) is 22.1 Å². The van der Waals surface area contributed by atoms with Crippen LogP contribution in [0.3, 0.4) is 0 Å². The number of nitrogen functional groups attached to an aromatic ring is 1. The van der Waals surface area contributed by atoms with E-state index in [4.69, 9.17) is 15.2 Å². The highest BCUT2D eigenvalue weighted by molar-refractivity contribution is 14.1. The van der Waals surface area contributed by atoms with E-state index in [2.05, 4.69) is 39.5 Å². The number of aromatic nitrogens is 2. The Hall–Kier alpha value is -0.470. The molecule has 0 aliphatic carbocycles. The molecule has 0 radical (unpaired) electrons. The third-order valence-corrected chi connectivity index (χ3v) is 3.54. The topological polar surface area (TPSA) is 70.3 Å². The summed E-state index contributed by atoms with van der Waals surface area (Å²) in [5, 5.41) is 0. The molecule has 0 saturated carbocycles. The Morgan fingerprint density at radius 1 is 1.35 bits per heavy atom. The fraction of sp³-hybridized carbons (Fsp3) is 0.636. The molecule has 0 aliphatic rings. The van der Waals surface area contributed by atoms with Crippen molar-refractivity contribution in [2.45, 2.75) is 32.5 Å². The van der Waals surface area contributed by atoms with Gasteiger partial charge in [-0.1, -0.05) is 13.3 Å². The van der Waals surface area contributed by atoms with Gasteiger partial charge < -0.3 is 15.2 Å². The number of methoxy groups -OCH3 is 2. The van der Waals surface area contributed by atoms with E-state index in [1.807, 2.05) is 0 Å². The summed E-state index contributed by atoms with van der Waals surface area (Å²) in [4.78, 5) is 8.75. The molecule has 1 rings (SSSR count). The zero-order valence-corrected chi connectivity index (χ0v) is 12.5. The highest BCUT2D eigenvalue weighted by Crippen LogP contribution is 2.23. The Balaban J connectivity index is 3.07. The maximum Gasteiger partial charge on any atom is 0.159 e. The van der Waals surface area contributed by atoms with Crippen LogP contribution in [0.4, 0.5) is 5.82 Å². The van der Waals surface area contributed by atoms with Crippen LogP contribution in [0.5, 0.6) is 0 Å². The molecule has 0 aromatic carbocycles. The van der Waals surface area contributed by atoms with Crippen molar-refractivity contribution in [3.05, 3.63) is 15.1 Å². The third kappa shape index (κ3) is 3.75. The van der Waals surface area contributed by atoms with Gasteiger partial charge >= 0.3 is 0 Å². The van der Waals surface area contributed by atoms with Gasteiger partial charge in [-0.15, -0.1) is 0 Å². The lowest BCUT2D eigenvalue weighted by Gasteiger charge is -2.15. The molecule has 2 N–H and O–H groups in total. The second-order valence-corrected chi connectivity index (χ2v) is 4.75. The summed E-state index contributed by atoms with van der Waals surface area (Å²) in [6.07, 6.45) is 1.78. The molecule has 6 heteroatoms. The maximum absolute atomic E-state index is 5.87. The van der Waals surface area contributed by atoms with Crippen LogP contribution in [-0.2, 0) is 16.1 Å². The average Bonchev–Trinajstić information content (AvgIpc) is 2.32. The number of hydrogen-bond donors (Lipinski definition) is 1. The summed E-state index contributed by atoms with van der Waals surface area (Å²) in [6.45, 7) is 2.53. The summed E-state index contributed by atoms with van der Waals surface area (Å²) in [5.41, 5.74) is 6.68. The largest absolute Gasteiger partial charge is 0.383 e. The highest BCUT2D eigenvalue weighted by atomic mass is 127. The molecule has 1 heterocycles. The molecule has 1 aromatic heterocycles. The van der Waals surface area contributed by atoms with Crippen molar-refractivity contribution in [1.29, 1.82) is 0 Å². The van der Waals surface area contributed by atoms with Crippen molar-refractivity contribution in [2.24, 2.45) is 0 Å². The van der Waals surface area contributed by atoms with Gasteiger partial charge in [0.2, 0.25) is 0 Å². The Morgan fingerprint density at radius 2 is 2.06 bits per heavy atom. The minimum Gasteiger partial charge on any atom is -0.383 e. The van der Waals surface area contributed by atoms with Gasteiger partial charge in [-0.3, -0.25) is 0 Å². The van der Waals surface area contributed by atoms with Crippen LogP contribution in [0.15, 0.2) is 0 Å². The molecule has 0 saturated heterocycles. The van der Waals surface area contributed by atoms with E-state index in [0.29, 0.717) is 18.2 Å². The van der Waals surface area contributed by atoms with Crippen molar-refractivity contribution < 1.29 is 9.47 Å². The first-order valence-electron chi connectivity index (χ1n) is 5.47. The van der Waals surface area contributed by atoms with Crippen LogP contribution in [-0.4, -0.2) is 24.2 Å². The minimum absolute atomic E-state index is 0.102. The molecule has 1 atom stereocenters. The van der Waals surface area contributed by atoms with Gasteiger partial charge in [0.05, 0.1) is 15.9 Å². The van der Waals surface area contributed by atoms with Gasteiger partial charge in [0.25, 0.3) is 0 Å². The molecule has 17 heavy (non-hydrogen) atoms. The predicted molar refractivity (Wildman–Crippen MR) is 74.5 cm³/mol. The van der Waals surface area contributed by atoms with Crippen LogP contribution in [0.25, 0.3) is 0 Å². The number of hydrogen-bond acceptors (Lipinski definition) is 5. The van der Waals surface area contributed by atoms with Crippen molar-refractivity contribution in [1.82, 2.24) is 9.97 Å². The smallest absolute Gasteiger partial charge is 0.159 e. The molecular weight excluding hydrogens is 333 g/mol. The van der Waals surface area contributed by atoms with E-state index in [1.54, 1.807) is 14.2 Å². The van der Waals surface area contributed by atoms with E-state index in [1.165, 1.54) is 0 Å². The monoisotopic (exact) mass is 351 g/mol. The van der Waals surface area contributed by atoms with E-state index in [-0.39, 0.29) is 6.10 Å². The van der Waals surface area contributed by atoms with Crippen molar-refractivity contribution in [3.63, 3.8) is 0 Å². The second kappa shape index (κ2) is 7.07. The normalized spacial score (nSPS) is 12.7. The van der Waals surface area contributed by atoms with Crippen LogP contribution in [0.2, 0.25) is 0 Å². The summed E-state index contributed by atoms with van der Waals surface area (Å²) >= 11 is 2.13. The average molecular weight is 351 g/mol. The Bertz CT molecular complexity index is 374. The zero-order valence-electron chi connectivity index (χ0n) is 10.4. The Labute approximate surface area is 115 Å². The van der Waals surface area contributed by atoms with Gasteiger partial charge in [-0.2, -0.15) is 0 Å². The van der Waals surface area contributed by atoms with E-state index >= 15 is 0 Å². The number of nitrogens with two attached hydrogens (primary N) is 1. The first-order valence-corrected chi connectivity index (χ1v) is 6.55. The molecular formula is C11H18IN3O2. The fourth-order valence-electron chi connectivity index (χ4n) is 1.52. The molecule has 0 aliphatic heterocycles. The van der Waals surface area contributed by atoms with Crippen molar-refractivity contribution >= 4 is 28.4 Å². The van der Waals surface area contributed by atoms with Crippen LogP contribution < -0.4 is 5.73 Å². The fourth-order valence-corrected chi connectivity index (χ4v) is 1.92. The molecule has 0 spiro atoms. The molecule has 0 bridgehead atoms. The first-order chi connectivity index (χ1) is 8.13. The zero-order chi connectivity index (χ0) is 12.8. The lowest BCUT2D eigenvalue weighted by atomic mass is 10.2. The SMILES string of the molecule is CCCC(OC)c1nc(N)c(I)c(COC)n1. The van der Waals surface area contributed by atoms with Crippen LogP contribution in [0.1, 0.15) is 37.4 Å². The molecule has 0 fully saturated rings. The van der Waals surface area contributed by atoms with Crippen LogP contribution in [0, 0.1) is 3.57 Å². The second-order valence-electron chi connectivity index (χ2n) is 3.67. The number of rotatable bonds is 6. The highest BCUT2D eigenvalue weighted by Gasteiger charge is 2.17. The lowest BCUT2D eigenvalue weighted by Crippen LogP contribution is -2.13. The molecule has 1 unspecified atom stereocenters. The minimum atomic E-state index is -0.102. The number of halogens is 1. The van der Waals surface area contributed by atoms with Crippen LogP contribution >= 0.6 is 22.6 Å². The number of ether oxygens (including phenoxy) is 2. The summed E-state index contributed by atoms with van der Waals surface area (Å²) < 4.78 is 11.3. The van der Waals surface area contributed by atoms with E-state index < -0.39 is 0 Å². The maximum atomic E-state index is 5.87. The quantitative estimate of drug-likeness (QED) is 0.797. The van der Waals surface area contributed by atoms with Crippen molar-refractivity contribution in [3.8, 4) is 0 Å². The van der Waals surface area contributed by atoms with Gasteiger partial charge in [0.15, 0.2) is 5.82 Å². The van der Waals surface area contributed by atoms with Crippen molar-refractivity contribution in [2.75, 3.05) is 20.0 Å². The molecule has 0 amide bonds. The van der Waals surface area contributed by atoms with Gasteiger partial charge in [0.1, 0.15) is 11.9 Å². The standard InChI is InChI=1S/C11H18IN3O2/c1-4-5-8(17-3)11-14-7(6-16-2)9(12)10(13)15-11/h8H,4-6H2,1-3H3,(H2,13,14,15). The Kier molecular flexibility index (Phi) is 6.07. The molecule has 96 valence electrons. The van der Waals surface area contributed by atoms with Gasteiger partial charge in [0, 0.05) is 14.2 Å².